The number of amides is 4. The van der Waals surface area contributed by atoms with Gasteiger partial charge in [-0.25, -0.2) is 9.59 Å². The average Bonchev–Trinajstić information content (AvgIpc) is 3.18. The van der Waals surface area contributed by atoms with E-state index >= 15 is 0 Å². The maximum atomic E-state index is 11.8. The summed E-state index contributed by atoms with van der Waals surface area (Å²) in [6, 6.07) is 8.26. The molecule has 4 rings (SSSR count). The molecule has 2 aliphatic rings. The van der Waals surface area contributed by atoms with E-state index in [2.05, 4.69) is 0 Å². The smallest absolute Gasteiger partial charge is 0.338 e. The molecule has 1 aromatic heterocycles. The van der Waals surface area contributed by atoms with Crippen LogP contribution in [0.3, 0.4) is 0 Å². The number of benzene rings is 1. The normalized spacial score (nSPS) is 16.2. The highest BCUT2D eigenvalue weighted by Crippen LogP contribution is 2.32. The summed E-state index contributed by atoms with van der Waals surface area (Å²) >= 11 is 1.38. The van der Waals surface area contributed by atoms with Gasteiger partial charge in [0.1, 0.15) is 12.2 Å². The number of hydrogen-bond acceptors (Lipinski definition) is 6. The molecule has 0 radical (unpaired) electrons. The van der Waals surface area contributed by atoms with Gasteiger partial charge in [0, 0.05) is 15.3 Å². The summed E-state index contributed by atoms with van der Waals surface area (Å²) < 4.78 is 4.99. The van der Waals surface area contributed by atoms with Crippen LogP contribution in [0.2, 0.25) is 0 Å². The molecule has 3 heterocycles. The lowest BCUT2D eigenvalue weighted by Crippen LogP contribution is -2.51. The number of thiophene rings is 1. The molecule has 1 fully saturated rings. The number of imide groups is 2. The molecule has 0 bridgehead atoms. The number of ether oxygens (including phenoxy) is 1. The lowest BCUT2D eigenvalue weighted by atomic mass is 10.1. The van der Waals surface area contributed by atoms with Crippen molar-refractivity contribution in [1.29, 1.82) is 0 Å². The highest BCUT2D eigenvalue weighted by atomic mass is 32.1. The predicted molar refractivity (Wildman–Crippen MR) is 88.5 cm³/mol. The quantitative estimate of drug-likeness (QED) is 0.487. The second kappa shape index (κ2) is 5.67. The SMILES string of the molecule is O=C1NC(=O)C(=Cc2ccc(-c3ccc4c(c3)COC4=O)s2)C(=O)N1. The van der Waals surface area contributed by atoms with Crippen LogP contribution in [0.5, 0.6) is 0 Å². The van der Waals surface area contributed by atoms with Crippen molar-refractivity contribution in [3.63, 3.8) is 0 Å². The fourth-order valence-electron chi connectivity index (χ4n) is 2.62. The van der Waals surface area contributed by atoms with E-state index < -0.39 is 17.8 Å². The van der Waals surface area contributed by atoms with E-state index in [1.54, 1.807) is 12.1 Å². The molecule has 0 spiro atoms. The Morgan fingerprint density at radius 1 is 1.00 bits per heavy atom. The molecule has 4 amide bonds. The first-order valence-corrected chi connectivity index (χ1v) is 8.11. The lowest BCUT2D eigenvalue weighted by Gasteiger charge is -2.13. The minimum Gasteiger partial charge on any atom is -0.457 e. The van der Waals surface area contributed by atoms with E-state index in [-0.39, 0.29) is 18.1 Å². The Kier molecular flexibility index (Phi) is 3.47. The maximum Gasteiger partial charge on any atom is 0.338 e. The van der Waals surface area contributed by atoms with Crippen molar-refractivity contribution >= 4 is 41.2 Å². The standard InChI is InChI=1S/C17H10N2O5S/c20-14-12(15(21)19-17(23)18-14)6-10-2-4-13(25-10)8-1-3-11-9(5-8)7-24-16(11)22/h1-6H,7H2,(H2,18,19,20,21,23). The molecule has 2 N–H and O–H groups in total. The Labute approximate surface area is 145 Å². The Morgan fingerprint density at radius 3 is 2.52 bits per heavy atom. The Bertz CT molecular complexity index is 967. The Balaban J connectivity index is 1.64. The number of cyclic esters (lactones) is 1. The summed E-state index contributed by atoms with van der Waals surface area (Å²) in [6.07, 6.45) is 1.44. The maximum absolute atomic E-state index is 11.8. The number of urea groups is 1. The highest BCUT2D eigenvalue weighted by molar-refractivity contribution is 7.16. The van der Waals surface area contributed by atoms with E-state index in [9.17, 15) is 19.2 Å². The molecule has 1 aromatic carbocycles. The second-order valence-corrected chi connectivity index (χ2v) is 6.56. The number of carbonyl (C=O) groups excluding carboxylic acids is 4. The summed E-state index contributed by atoms with van der Waals surface area (Å²) in [5, 5.41) is 4.06. The van der Waals surface area contributed by atoms with Crippen molar-refractivity contribution in [2.45, 2.75) is 6.61 Å². The van der Waals surface area contributed by atoms with Crippen LogP contribution in [0.4, 0.5) is 4.79 Å². The molecule has 1 saturated heterocycles. The van der Waals surface area contributed by atoms with Gasteiger partial charge < -0.3 is 4.74 Å². The van der Waals surface area contributed by atoms with E-state index in [1.165, 1.54) is 17.4 Å². The van der Waals surface area contributed by atoms with Gasteiger partial charge in [-0.2, -0.15) is 0 Å². The van der Waals surface area contributed by atoms with Crippen molar-refractivity contribution in [1.82, 2.24) is 10.6 Å². The van der Waals surface area contributed by atoms with Crippen LogP contribution >= 0.6 is 11.3 Å². The van der Waals surface area contributed by atoms with Crippen molar-refractivity contribution in [2.24, 2.45) is 0 Å². The van der Waals surface area contributed by atoms with Gasteiger partial charge in [-0.3, -0.25) is 20.2 Å². The van der Waals surface area contributed by atoms with Crippen molar-refractivity contribution in [3.05, 3.63) is 51.9 Å². The van der Waals surface area contributed by atoms with Crippen molar-refractivity contribution in [3.8, 4) is 10.4 Å². The van der Waals surface area contributed by atoms with Gasteiger partial charge in [0.2, 0.25) is 0 Å². The molecule has 2 aliphatic heterocycles. The fraction of sp³-hybridized carbons (Fsp3) is 0.0588. The molecule has 124 valence electrons. The molecule has 2 aromatic rings. The van der Waals surface area contributed by atoms with Crippen LogP contribution in [-0.4, -0.2) is 23.8 Å². The monoisotopic (exact) mass is 354 g/mol. The summed E-state index contributed by atoms with van der Waals surface area (Å²) in [4.78, 5) is 47.7. The Morgan fingerprint density at radius 2 is 1.76 bits per heavy atom. The minimum atomic E-state index is -0.825. The van der Waals surface area contributed by atoms with E-state index in [0.29, 0.717) is 10.4 Å². The summed E-state index contributed by atoms with van der Waals surface area (Å²) in [5.41, 5.74) is 2.20. The van der Waals surface area contributed by atoms with Gasteiger partial charge in [-0.15, -0.1) is 11.3 Å². The molecule has 8 heteroatoms. The van der Waals surface area contributed by atoms with Crippen molar-refractivity contribution in [2.75, 3.05) is 0 Å². The van der Waals surface area contributed by atoms with Gasteiger partial charge in [-0.1, -0.05) is 6.07 Å². The minimum absolute atomic E-state index is 0.124. The molecular weight excluding hydrogens is 344 g/mol. The molecule has 25 heavy (non-hydrogen) atoms. The Hall–Kier alpha value is -3.26. The zero-order chi connectivity index (χ0) is 17.6. The van der Waals surface area contributed by atoms with Crippen LogP contribution < -0.4 is 10.6 Å². The van der Waals surface area contributed by atoms with Crippen LogP contribution in [0, 0.1) is 0 Å². The zero-order valence-corrected chi connectivity index (χ0v) is 13.4. The highest BCUT2D eigenvalue weighted by Gasteiger charge is 2.28. The van der Waals surface area contributed by atoms with E-state index in [0.717, 1.165) is 16.0 Å². The van der Waals surface area contributed by atoms with E-state index in [4.69, 9.17) is 4.74 Å². The lowest BCUT2D eigenvalue weighted by molar-refractivity contribution is -0.123. The van der Waals surface area contributed by atoms with Gasteiger partial charge in [0.25, 0.3) is 11.8 Å². The number of rotatable bonds is 2. The third kappa shape index (κ3) is 2.72. The molecular formula is C17H10N2O5S. The van der Waals surface area contributed by atoms with E-state index in [1.807, 2.05) is 28.8 Å². The molecule has 0 aliphatic carbocycles. The van der Waals surface area contributed by atoms with Crippen LogP contribution in [0.25, 0.3) is 16.5 Å². The molecule has 0 unspecified atom stereocenters. The second-order valence-electron chi connectivity index (χ2n) is 5.45. The van der Waals surface area contributed by atoms with Gasteiger partial charge in [0.05, 0.1) is 5.56 Å². The summed E-state index contributed by atoms with van der Waals surface area (Å²) in [7, 11) is 0. The van der Waals surface area contributed by atoms with Gasteiger partial charge in [0.15, 0.2) is 0 Å². The van der Waals surface area contributed by atoms with Gasteiger partial charge in [-0.05, 0) is 35.9 Å². The summed E-state index contributed by atoms with van der Waals surface area (Å²) in [6.45, 7) is 0.263. The average molecular weight is 354 g/mol. The van der Waals surface area contributed by atoms with Crippen LogP contribution in [0.15, 0.2) is 35.9 Å². The topological polar surface area (TPSA) is 102 Å². The van der Waals surface area contributed by atoms with Crippen LogP contribution in [-0.2, 0) is 20.9 Å². The summed E-state index contributed by atoms with van der Waals surface area (Å²) in [5.74, 6) is -1.77. The number of fused-ring (bicyclic) bond motifs is 1. The predicted octanol–water partition coefficient (Wildman–Crippen LogP) is 1.83. The molecule has 0 saturated carbocycles. The number of hydrogen-bond donors (Lipinski definition) is 2. The fourth-order valence-corrected chi connectivity index (χ4v) is 3.57. The van der Waals surface area contributed by atoms with Gasteiger partial charge >= 0.3 is 12.0 Å². The number of carbonyl (C=O) groups is 4. The number of barbiturate groups is 1. The largest absolute Gasteiger partial charge is 0.457 e. The third-order valence-corrected chi connectivity index (χ3v) is 4.91. The first kappa shape index (κ1) is 15.3. The number of nitrogens with one attached hydrogen (secondary N) is 2. The van der Waals surface area contributed by atoms with Crippen molar-refractivity contribution < 1.29 is 23.9 Å². The zero-order valence-electron chi connectivity index (χ0n) is 12.6. The van der Waals surface area contributed by atoms with Crippen LogP contribution in [0.1, 0.15) is 20.8 Å². The molecule has 0 atom stereocenters. The third-order valence-electron chi connectivity index (χ3n) is 3.83. The number of esters is 1. The first-order valence-electron chi connectivity index (χ1n) is 7.30. The first-order chi connectivity index (χ1) is 12.0. The molecule has 7 nitrogen and oxygen atoms in total.